The summed E-state index contributed by atoms with van der Waals surface area (Å²) in [4.78, 5) is 22.4. The minimum atomic E-state index is -0.658. The number of carbonyl (C=O) groups excluding carboxylic acids is 1. The fourth-order valence-corrected chi connectivity index (χ4v) is 1.57. The lowest BCUT2D eigenvalue weighted by Gasteiger charge is -2.07. The van der Waals surface area contributed by atoms with Crippen LogP contribution in [0.5, 0.6) is 0 Å². The number of ketones is 1. The van der Waals surface area contributed by atoms with Crippen LogP contribution in [0, 0.1) is 0 Å². The van der Waals surface area contributed by atoms with Crippen LogP contribution in [0.25, 0.3) is 11.1 Å². The molecule has 2 N–H and O–H groups in total. The van der Waals surface area contributed by atoms with E-state index in [9.17, 15) is 9.59 Å². The van der Waals surface area contributed by atoms with Crippen LogP contribution in [0.2, 0.25) is 0 Å². The lowest BCUT2D eigenvalue weighted by atomic mass is 10.0. The van der Waals surface area contributed by atoms with Gasteiger partial charge in [-0.1, -0.05) is 6.07 Å². The highest BCUT2D eigenvalue weighted by atomic mass is 16.4. The summed E-state index contributed by atoms with van der Waals surface area (Å²) in [6, 6.07) is 4.38. The maximum absolute atomic E-state index is 11.3. The highest BCUT2D eigenvalue weighted by Gasteiger charge is 2.13. The summed E-state index contributed by atoms with van der Waals surface area (Å²) in [7, 11) is 1.61. The van der Waals surface area contributed by atoms with Gasteiger partial charge in [0.05, 0.1) is 11.6 Å². The number of rotatable bonds is 2. The number of carbonyl (C=O) groups is 1. The van der Waals surface area contributed by atoms with Crippen molar-refractivity contribution < 1.29 is 9.21 Å². The Hall–Kier alpha value is -1.88. The van der Waals surface area contributed by atoms with E-state index in [0.29, 0.717) is 16.7 Å². The van der Waals surface area contributed by atoms with E-state index in [-0.39, 0.29) is 5.78 Å². The largest absolute Gasteiger partial charge is 0.419 e. The highest BCUT2D eigenvalue weighted by Crippen LogP contribution is 2.18. The third-order valence-electron chi connectivity index (χ3n) is 2.61. The smallest absolute Gasteiger partial charge is 0.408 e. The van der Waals surface area contributed by atoms with Crippen LogP contribution >= 0.6 is 0 Å². The Balaban J connectivity index is 2.63. The summed E-state index contributed by atoms with van der Waals surface area (Å²) in [6.07, 6.45) is 0. The summed E-state index contributed by atoms with van der Waals surface area (Å²) in [5, 5.41) is 0. The van der Waals surface area contributed by atoms with Crippen LogP contribution in [0.4, 0.5) is 0 Å². The Labute approximate surface area is 91.5 Å². The molecular weight excluding hydrogens is 208 g/mol. The highest BCUT2D eigenvalue weighted by molar-refractivity contribution is 5.84. The molecule has 16 heavy (non-hydrogen) atoms. The van der Waals surface area contributed by atoms with Crippen LogP contribution in [-0.2, 0) is 11.8 Å². The number of Topliss-reactive ketones (excluding diaryl/α,β-unsaturated/α-hetero) is 1. The van der Waals surface area contributed by atoms with Crippen molar-refractivity contribution in [3.63, 3.8) is 0 Å². The van der Waals surface area contributed by atoms with Gasteiger partial charge in [0.25, 0.3) is 0 Å². The van der Waals surface area contributed by atoms with E-state index in [4.69, 9.17) is 10.2 Å². The number of nitrogens with two attached hydrogens (primary N) is 1. The van der Waals surface area contributed by atoms with Gasteiger partial charge in [-0.05, 0) is 24.6 Å². The van der Waals surface area contributed by atoms with Crippen LogP contribution in [0.1, 0.15) is 18.5 Å². The number of hydrogen-bond acceptors (Lipinski definition) is 4. The molecule has 2 rings (SSSR count). The molecule has 84 valence electrons. The molecule has 1 aromatic heterocycles. The van der Waals surface area contributed by atoms with Crippen molar-refractivity contribution in [1.29, 1.82) is 0 Å². The number of nitrogens with zero attached hydrogens (tertiary/aromatic N) is 1. The molecule has 0 aliphatic carbocycles. The monoisotopic (exact) mass is 220 g/mol. The molecule has 2 aromatic rings. The van der Waals surface area contributed by atoms with Gasteiger partial charge in [-0.3, -0.25) is 9.36 Å². The predicted octanol–water partition coefficient (Wildman–Crippen LogP) is 0.720. The second-order valence-electron chi connectivity index (χ2n) is 3.74. The normalized spacial score (nSPS) is 12.9. The summed E-state index contributed by atoms with van der Waals surface area (Å²) < 4.78 is 6.36. The van der Waals surface area contributed by atoms with Crippen LogP contribution < -0.4 is 11.5 Å². The minimum absolute atomic E-state index is 0.118. The molecule has 0 aliphatic rings. The fraction of sp³-hybridized carbons (Fsp3) is 0.273. The van der Waals surface area contributed by atoms with Crippen molar-refractivity contribution in [1.82, 2.24) is 4.57 Å². The maximum Gasteiger partial charge on any atom is 0.419 e. The Morgan fingerprint density at radius 3 is 2.81 bits per heavy atom. The minimum Gasteiger partial charge on any atom is -0.408 e. The van der Waals surface area contributed by atoms with Crippen molar-refractivity contribution in [2.24, 2.45) is 12.8 Å². The SMILES string of the molecule is CC(=O)C(N)c1ccc2oc(=O)n(C)c2c1. The molecule has 5 heteroatoms. The first-order chi connectivity index (χ1) is 7.50. The number of aromatic nitrogens is 1. The molecule has 1 heterocycles. The first-order valence-corrected chi connectivity index (χ1v) is 4.86. The second kappa shape index (κ2) is 3.61. The number of hydrogen-bond donors (Lipinski definition) is 1. The molecule has 0 fully saturated rings. The zero-order valence-corrected chi connectivity index (χ0v) is 9.06. The van der Waals surface area contributed by atoms with Gasteiger partial charge in [-0.2, -0.15) is 0 Å². The van der Waals surface area contributed by atoms with E-state index < -0.39 is 11.8 Å². The quantitative estimate of drug-likeness (QED) is 0.808. The Kier molecular flexibility index (Phi) is 2.40. The number of fused-ring (bicyclic) bond motifs is 1. The molecule has 0 saturated carbocycles. The van der Waals surface area contributed by atoms with Crippen molar-refractivity contribution in [2.75, 3.05) is 0 Å². The van der Waals surface area contributed by atoms with Gasteiger partial charge in [-0.15, -0.1) is 0 Å². The lowest BCUT2D eigenvalue weighted by molar-refractivity contribution is -0.118. The number of oxazole rings is 1. The van der Waals surface area contributed by atoms with Gasteiger partial charge in [0.15, 0.2) is 11.4 Å². The third kappa shape index (κ3) is 1.55. The summed E-state index contributed by atoms with van der Waals surface area (Å²) in [5.74, 6) is -0.545. The molecule has 0 aliphatic heterocycles. The van der Waals surface area contributed by atoms with E-state index >= 15 is 0 Å². The topological polar surface area (TPSA) is 78.2 Å². The van der Waals surface area contributed by atoms with E-state index in [1.54, 1.807) is 25.2 Å². The zero-order chi connectivity index (χ0) is 11.9. The molecule has 1 aromatic carbocycles. The van der Waals surface area contributed by atoms with Gasteiger partial charge < -0.3 is 10.2 Å². The van der Waals surface area contributed by atoms with Crippen molar-refractivity contribution >= 4 is 16.9 Å². The Bertz CT molecular complexity index is 609. The molecule has 0 spiro atoms. The summed E-state index contributed by atoms with van der Waals surface area (Å²) >= 11 is 0. The van der Waals surface area contributed by atoms with E-state index in [2.05, 4.69) is 0 Å². The molecule has 0 amide bonds. The first kappa shape index (κ1) is 10.6. The van der Waals surface area contributed by atoms with Crippen LogP contribution in [-0.4, -0.2) is 10.4 Å². The maximum atomic E-state index is 11.3. The second-order valence-corrected chi connectivity index (χ2v) is 3.74. The van der Waals surface area contributed by atoms with E-state index in [1.807, 2.05) is 0 Å². The number of benzene rings is 1. The Morgan fingerprint density at radius 1 is 1.50 bits per heavy atom. The van der Waals surface area contributed by atoms with Crippen LogP contribution in [0.3, 0.4) is 0 Å². The first-order valence-electron chi connectivity index (χ1n) is 4.86. The average Bonchev–Trinajstić information content (AvgIpc) is 2.53. The summed E-state index contributed by atoms with van der Waals surface area (Å²) in [6.45, 7) is 1.43. The molecule has 5 nitrogen and oxygen atoms in total. The third-order valence-corrected chi connectivity index (χ3v) is 2.61. The average molecular weight is 220 g/mol. The van der Waals surface area contributed by atoms with Gasteiger partial charge in [0.1, 0.15) is 0 Å². The molecule has 0 bridgehead atoms. The molecule has 0 radical (unpaired) electrons. The lowest BCUT2D eigenvalue weighted by Crippen LogP contribution is -2.18. The van der Waals surface area contributed by atoms with Crippen LogP contribution in [0.15, 0.2) is 27.4 Å². The molecular formula is C11H12N2O3. The summed E-state index contributed by atoms with van der Waals surface area (Å²) in [5.41, 5.74) is 7.53. The van der Waals surface area contributed by atoms with E-state index in [1.165, 1.54) is 11.5 Å². The van der Waals surface area contributed by atoms with Gasteiger partial charge in [0, 0.05) is 7.05 Å². The van der Waals surface area contributed by atoms with Gasteiger partial charge >= 0.3 is 5.76 Å². The standard InChI is InChI=1S/C11H12N2O3/c1-6(14)10(12)7-3-4-9-8(5-7)13(2)11(15)16-9/h3-5,10H,12H2,1-2H3. The van der Waals surface area contributed by atoms with E-state index in [0.717, 1.165) is 0 Å². The number of aryl methyl sites for hydroxylation is 1. The van der Waals surface area contributed by atoms with Crippen molar-refractivity contribution in [3.05, 3.63) is 34.3 Å². The van der Waals surface area contributed by atoms with Crippen molar-refractivity contribution in [2.45, 2.75) is 13.0 Å². The molecule has 0 saturated heterocycles. The van der Waals surface area contributed by atoms with Gasteiger partial charge in [-0.25, -0.2) is 4.79 Å². The molecule has 1 atom stereocenters. The van der Waals surface area contributed by atoms with Crippen molar-refractivity contribution in [3.8, 4) is 0 Å². The predicted molar refractivity (Wildman–Crippen MR) is 59.1 cm³/mol. The fourth-order valence-electron chi connectivity index (χ4n) is 1.57. The van der Waals surface area contributed by atoms with Gasteiger partial charge in [0.2, 0.25) is 0 Å². The Morgan fingerprint density at radius 2 is 2.19 bits per heavy atom. The molecule has 1 unspecified atom stereocenters. The zero-order valence-electron chi connectivity index (χ0n) is 9.06.